The molecule has 2 amide bonds. The monoisotopic (exact) mass is 374 g/mol. The van der Waals surface area contributed by atoms with Crippen LogP contribution in [0.25, 0.3) is 0 Å². The van der Waals surface area contributed by atoms with E-state index in [2.05, 4.69) is 10.6 Å². The summed E-state index contributed by atoms with van der Waals surface area (Å²) in [6.07, 6.45) is 0.656. The second-order valence-corrected chi connectivity index (χ2v) is 6.52. The van der Waals surface area contributed by atoms with Crippen molar-refractivity contribution < 1.29 is 19.4 Å². The molecule has 3 N–H and O–H groups in total. The second kappa shape index (κ2) is 7.44. The molecule has 0 atom stereocenters. The van der Waals surface area contributed by atoms with Crippen LogP contribution in [-0.4, -0.2) is 23.5 Å². The van der Waals surface area contributed by atoms with Gasteiger partial charge in [0.2, 0.25) is 0 Å². The van der Waals surface area contributed by atoms with Crippen LogP contribution < -0.4 is 15.4 Å². The van der Waals surface area contributed by atoms with Crippen LogP contribution in [0, 0.1) is 0 Å². The zero-order valence-electron chi connectivity index (χ0n) is 14.9. The van der Waals surface area contributed by atoms with E-state index < -0.39 is 5.91 Å². The molecule has 6 nitrogen and oxygen atoms in total. The van der Waals surface area contributed by atoms with E-state index in [1.54, 1.807) is 30.3 Å². The summed E-state index contributed by atoms with van der Waals surface area (Å²) >= 11 is 0. The van der Waals surface area contributed by atoms with E-state index in [9.17, 15) is 14.7 Å². The van der Waals surface area contributed by atoms with Crippen LogP contribution in [0.2, 0.25) is 0 Å². The van der Waals surface area contributed by atoms with Crippen LogP contribution in [0.5, 0.6) is 11.5 Å². The number of carbonyl (C=O) groups is 2. The van der Waals surface area contributed by atoms with Crippen LogP contribution in [0.15, 0.2) is 66.7 Å². The molecule has 0 spiro atoms. The second-order valence-electron chi connectivity index (χ2n) is 6.52. The number of nitrogens with one attached hydrogen (secondary N) is 2. The summed E-state index contributed by atoms with van der Waals surface area (Å²) in [5.74, 6) is -0.230. The Kier molecular flexibility index (Phi) is 4.68. The third-order valence-electron chi connectivity index (χ3n) is 4.43. The highest BCUT2D eigenvalue weighted by molar-refractivity contribution is 6.07. The van der Waals surface area contributed by atoms with Gasteiger partial charge in [-0.25, -0.2) is 0 Å². The Bertz CT molecular complexity index is 1050. The molecule has 0 fully saturated rings. The Balaban J connectivity index is 1.54. The maximum Gasteiger partial charge on any atom is 0.262 e. The number of benzene rings is 3. The smallest absolute Gasteiger partial charge is 0.262 e. The highest BCUT2D eigenvalue weighted by Gasteiger charge is 2.18. The Morgan fingerprint density at radius 1 is 1.04 bits per heavy atom. The van der Waals surface area contributed by atoms with Gasteiger partial charge in [0.15, 0.2) is 6.61 Å². The van der Waals surface area contributed by atoms with E-state index in [-0.39, 0.29) is 23.8 Å². The maximum atomic E-state index is 12.7. The topological polar surface area (TPSA) is 87.7 Å². The van der Waals surface area contributed by atoms with Crippen molar-refractivity contribution in [2.24, 2.45) is 0 Å². The molecule has 6 heteroatoms. The number of hydrogen-bond donors (Lipinski definition) is 3. The van der Waals surface area contributed by atoms with Crippen molar-refractivity contribution in [1.29, 1.82) is 0 Å². The minimum Gasteiger partial charge on any atom is -0.507 e. The van der Waals surface area contributed by atoms with Crippen molar-refractivity contribution in [2.45, 2.75) is 6.42 Å². The van der Waals surface area contributed by atoms with Crippen molar-refractivity contribution in [1.82, 2.24) is 0 Å². The van der Waals surface area contributed by atoms with Crippen LogP contribution in [0.4, 0.5) is 11.4 Å². The van der Waals surface area contributed by atoms with Gasteiger partial charge in [-0.05, 0) is 47.9 Å². The molecule has 1 aliphatic rings. The van der Waals surface area contributed by atoms with Gasteiger partial charge in [0.05, 0.1) is 11.3 Å². The molecule has 0 aromatic heterocycles. The predicted molar refractivity (Wildman–Crippen MR) is 106 cm³/mol. The first-order chi connectivity index (χ1) is 13.6. The maximum absolute atomic E-state index is 12.7. The number of carbonyl (C=O) groups excluding carboxylic acids is 2. The van der Waals surface area contributed by atoms with E-state index in [1.165, 1.54) is 6.07 Å². The molecule has 3 aromatic rings. The quantitative estimate of drug-likeness (QED) is 0.652. The zero-order valence-corrected chi connectivity index (χ0v) is 14.9. The van der Waals surface area contributed by atoms with Crippen molar-refractivity contribution in [3.63, 3.8) is 0 Å². The van der Waals surface area contributed by atoms with Gasteiger partial charge in [0.25, 0.3) is 11.8 Å². The van der Waals surface area contributed by atoms with Gasteiger partial charge in [0, 0.05) is 5.69 Å². The average molecular weight is 374 g/mol. The summed E-state index contributed by atoms with van der Waals surface area (Å²) in [4.78, 5) is 24.1. The highest BCUT2D eigenvalue weighted by Crippen LogP contribution is 2.31. The first kappa shape index (κ1) is 17.6. The Morgan fingerprint density at radius 3 is 2.68 bits per heavy atom. The Hall–Kier alpha value is -3.80. The summed E-state index contributed by atoms with van der Waals surface area (Å²) in [5, 5.41) is 15.6. The molecule has 28 heavy (non-hydrogen) atoms. The standard InChI is InChI=1S/C22H18N2O4/c25-19-8-6-15(10-14-4-2-1-3-5-14)11-17(19)22(27)23-16-7-9-20-18(12-16)24-21(26)13-28-20/h1-9,11-12,25H,10,13H2,(H,23,27)(H,24,26). The molecule has 4 rings (SSSR count). The first-order valence-corrected chi connectivity index (χ1v) is 8.82. The van der Waals surface area contributed by atoms with E-state index in [0.29, 0.717) is 23.5 Å². The average Bonchev–Trinajstić information content (AvgIpc) is 2.70. The van der Waals surface area contributed by atoms with Crippen LogP contribution >= 0.6 is 0 Å². The lowest BCUT2D eigenvalue weighted by Gasteiger charge is -2.18. The minimum absolute atomic E-state index is 0.0270. The zero-order chi connectivity index (χ0) is 19.5. The van der Waals surface area contributed by atoms with Crippen molar-refractivity contribution in [2.75, 3.05) is 17.2 Å². The van der Waals surface area contributed by atoms with Gasteiger partial charge >= 0.3 is 0 Å². The van der Waals surface area contributed by atoms with Gasteiger partial charge in [-0.1, -0.05) is 36.4 Å². The molecular formula is C22H18N2O4. The van der Waals surface area contributed by atoms with Crippen molar-refractivity contribution in [3.8, 4) is 11.5 Å². The SMILES string of the molecule is O=C1COc2ccc(NC(=O)c3cc(Cc4ccccc4)ccc3O)cc2N1. The Morgan fingerprint density at radius 2 is 1.86 bits per heavy atom. The lowest BCUT2D eigenvalue weighted by Crippen LogP contribution is -2.25. The summed E-state index contributed by atoms with van der Waals surface area (Å²) in [6.45, 7) is -0.0270. The number of hydrogen-bond acceptors (Lipinski definition) is 4. The largest absolute Gasteiger partial charge is 0.507 e. The van der Waals surface area contributed by atoms with E-state index in [0.717, 1.165) is 11.1 Å². The summed E-state index contributed by atoms with van der Waals surface area (Å²) in [5.41, 5.74) is 3.20. The number of aromatic hydroxyl groups is 1. The molecule has 140 valence electrons. The van der Waals surface area contributed by atoms with Gasteiger partial charge in [-0.3, -0.25) is 9.59 Å². The van der Waals surface area contributed by atoms with Crippen LogP contribution in [0.3, 0.4) is 0 Å². The van der Waals surface area contributed by atoms with E-state index in [1.807, 2.05) is 30.3 Å². The van der Waals surface area contributed by atoms with Crippen LogP contribution in [0.1, 0.15) is 21.5 Å². The number of phenolic OH excluding ortho intramolecular Hbond substituents is 1. The molecular weight excluding hydrogens is 356 g/mol. The number of amides is 2. The van der Waals surface area contributed by atoms with E-state index >= 15 is 0 Å². The fourth-order valence-corrected chi connectivity index (χ4v) is 3.07. The van der Waals surface area contributed by atoms with Crippen molar-refractivity contribution in [3.05, 3.63) is 83.4 Å². The van der Waals surface area contributed by atoms with Gasteiger partial charge in [0.1, 0.15) is 11.5 Å². The first-order valence-electron chi connectivity index (χ1n) is 8.82. The van der Waals surface area contributed by atoms with Crippen molar-refractivity contribution >= 4 is 23.2 Å². The summed E-state index contributed by atoms with van der Waals surface area (Å²) in [7, 11) is 0. The number of anilines is 2. The number of fused-ring (bicyclic) bond motifs is 1. The molecule has 0 bridgehead atoms. The van der Waals surface area contributed by atoms with Gasteiger partial charge in [-0.2, -0.15) is 0 Å². The fourth-order valence-electron chi connectivity index (χ4n) is 3.07. The molecule has 0 saturated heterocycles. The highest BCUT2D eigenvalue weighted by atomic mass is 16.5. The summed E-state index contributed by atoms with van der Waals surface area (Å²) in [6, 6.07) is 19.9. The van der Waals surface area contributed by atoms with Crippen LogP contribution in [-0.2, 0) is 11.2 Å². The number of ether oxygens (including phenoxy) is 1. The molecule has 0 radical (unpaired) electrons. The number of phenols is 1. The third kappa shape index (κ3) is 3.81. The summed E-state index contributed by atoms with van der Waals surface area (Å²) < 4.78 is 5.31. The Labute approximate surface area is 161 Å². The lowest BCUT2D eigenvalue weighted by molar-refractivity contribution is -0.118. The third-order valence-corrected chi connectivity index (χ3v) is 4.43. The molecule has 0 unspecified atom stereocenters. The van der Waals surface area contributed by atoms with E-state index in [4.69, 9.17) is 4.74 Å². The normalized spacial score (nSPS) is 12.5. The molecule has 3 aromatic carbocycles. The van der Waals surface area contributed by atoms with Gasteiger partial charge in [-0.15, -0.1) is 0 Å². The van der Waals surface area contributed by atoms with Gasteiger partial charge < -0.3 is 20.5 Å². The lowest BCUT2D eigenvalue weighted by atomic mass is 10.0. The molecule has 0 aliphatic carbocycles. The molecule has 0 saturated carbocycles. The fraction of sp³-hybridized carbons (Fsp3) is 0.0909. The molecule has 1 aliphatic heterocycles. The number of rotatable bonds is 4. The minimum atomic E-state index is -0.435. The predicted octanol–water partition coefficient (Wildman–Crippen LogP) is 3.57. The molecule has 1 heterocycles.